The molecule has 208 valence electrons. The topological polar surface area (TPSA) is 96.5 Å². The molecule has 0 bridgehead atoms. The van der Waals surface area contributed by atoms with Crippen LogP contribution in [-0.4, -0.2) is 30.6 Å². The van der Waals surface area contributed by atoms with E-state index in [9.17, 15) is 14.4 Å². The second kappa shape index (κ2) is 14.4. The average Bonchev–Trinajstić information content (AvgIpc) is 2.98. The zero-order chi connectivity index (χ0) is 29.2. The van der Waals surface area contributed by atoms with Gasteiger partial charge in [-0.15, -0.1) is 11.8 Å². The Kier molecular flexibility index (Phi) is 10.5. The van der Waals surface area contributed by atoms with E-state index in [4.69, 9.17) is 27.9 Å². The van der Waals surface area contributed by atoms with Gasteiger partial charge in [0, 0.05) is 26.2 Å². The fourth-order valence-corrected chi connectivity index (χ4v) is 4.79. The van der Waals surface area contributed by atoms with Crippen molar-refractivity contribution in [2.45, 2.75) is 4.90 Å². The second-order valence-corrected chi connectivity index (χ2v) is 10.5. The van der Waals surface area contributed by atoms with Crippen LogP contribution in [0.2, 0.25) is 10.0 Å². The average molecular weight is 607 g/mol. The van der Waals surface area contributed by atoms with E-state index in [1.54, 1.807) is 92.0 Å². The molecule has 0 aliphatic carbocycles. The molecule has 0 saturated carbocycles. The molecule has 41 heavy (non-hydrogen) atoms. The van der Waals surface area contributed by atoms with E-state index >= 15 is 0 Å². The molecule has 0 aliphatic rings. The summed E-state index contributed by atoms with van der Waals surface area (Å²) in [6.07, 6.45) is 1.49. The molecule has 4 aromatic carbocycles. The Morgan fingerprint density at radius 3 is 2.27 bits per heavy atom. The Labute approximate surface area is 251 Å². The van der Waals surface area contributed by atoms with Crippen molar-refractivity contribution in [3.8, 4) is 5.75 Å². The van der Waals surface area contributed by atoms with Crippen LogP contribution < -0.4 is 20.7 Å². The van der Waals surface area contributed by atoms with Crippen molar-refractivity contribution in [2.75, 3.05) is 23.5 Å². The third-order valence-electron chi connectivity index (χ3n) is 5.65. The van der Waals surface area contributed by atoms with Gasteiger partial charge in [0.15, 0.2) is 0 Å². The fourth-order valence-electron chi connectivity index (χ4n) is 3.63. The van der Waals surface area contributed by atoms with Gasteiger partial charge >= 0.3 is 0 Å². The number of hydrogen-bond acceptors (Lipinski definition) is 5. The lowest BCUT2D eigenvalue weighted by Gasteiger charge is -2.12. The minimum Gasteiger partial charge on any atom is -0.495 e. The molecule has 0 aromatic heterocycles. The van der Waals surface area contributed by atoms with E-state index in [0.29, 0.717) is 38.3 Å². The highest BCUT2D eigenvalue weighted by Crippen LogP contribution is 2.26. The lowest BCUT2D eigenvalue weighted by molar-refractivity contribution is -0.114. The van der Waals surface area contributed by atoms with Crippen molar-refractivity contribution in [1.82, 2.24) is 5.32 Å². The first-order valence-corrected chi connectivity index (χ1v) is 14.1. The summed E-state index contributed by atoms with van der Waals surface area (Å²) in [5.41, 5.74) is 1.99. The van der Waals surface area contributed by atoms with Crippen LogP contribution in [0.1, 0.15) is 15.9 Å². The summed E-state index contributed by atoms with van der Waals surface area (Å²) in [6.45, 7) is 0. The molecule has 0 radical (unpaired) electrons. The summed E-state index contributed by atoms with van der Waals surface area (Å²) in [6, 6.07) is 27.6. The number of anilines is 2. The summed E-state index contributed by atoms with van der Waals surface area (Å²) in [5, 5.41) is 9.08. The third-order valence-corrected chi connectivity index (χ3v) is 7.23. The number of rotatable bonds is 10. The number of hydrogen-bond donors (Lipinski definition) is 3. The number of amides is 3. The van der Waals surface area contributed by atoms with Gasteiger partial charge in [-0.3, -0.25) is 14.4 Å². The summed E-state index contributed by atoms with van der Waals surface area (Å²) in [7, 11) is 1.54. The van der Waals surface area contributed by atoms with E-state index in [-0.39, 0.29) is 17.4 Å². The van der Waals surface area contributed by atoms with Gasteiger partial charge in [0.2, 0.25) is 5.91 Å². The van der Waals surface area contributed by atoms with Gasteiger partial charge in [0.25, 0.3) is 11.8 Å². The molecule has 4 rings (SSSR count). The number of benzene rings is 4. The van der Waals surface area contributed by atoms with Gasteiger partial charge in [-0.05, 0) is 72.3 Å². The maximum atomic E-state index is 13.3. The molecule has 0 aliphatic heterocycles. The molecule has 0 atom stereocenters. The van der Waals surface area contributed by atoms with Gasteiger partial charge in [-0.2, -0.15) is 0 Å². The monoisotopic (exact) mass is 605 g/mol. The van der Waals surface area contributed by atoms with Crippen LogP contribution in [0.15, 0.2) is 108 Å². The van der Waals surface area contributed by atoms with E-state index in [1.807, 2.05) is 12.1 Å². The zero-order valence-corrected chi connectivity index (χ0v) is 24.1. The Hall–Kier alpha value is -4.24. The standard InChI is InChI=1S/C31H25Cl2N3O4S/c1-40-28-10-6-5-9-26(28)35-29(37)19-41-24-15-13-23(14-16-24)34-31(39)27(17-21-11-12-22(32)18-25(21)33)36-30(38)20-7-3-2-4-8-20/h2-18H,19H2,1H3,(H,34,39)(H,35,37)(H,36,38)/b27-17-. The molecule has 0 unspecified atom stereocenters. The predicted molar refractivity (Wildman–Crippen MR) is 166 cm³/mol. The number of carbonyl (C=O) groups excluding carboxylic acids is 3. The van der Waals surface area contributed by atoms with Gasteiger partial charge in [-0.25, -0.2) is 0 Å². The van der Waals surface area contributed by atoms with Crippen LogP contribution in [0.5, 0.6) is 5.75 Å². The highest BCUT2D eigenvalue weighted by atomic mass is 35.5. The number of thioether (sulfide) groups is 1. The molecule has 7 nitrogen and oxygen atoms in total. The highest BCUT2D eigenvalue weighted by molar-refractivity contribution is 8.00. The van der Waals surface area contributed by atoms with E-state index < -0.39 is 11.8 Å². The minimum absolute atomic E-state index is 0.00506. The summed E-state index contributed by atoms with van der Waals surface area (Å²) >= 11 is 13.7. The summed E-state index contributed by atoms with van der Waals surface area (Å²) in [4.78, 5) is 39.3. The molecule has 10 heteroatoms. The van der Waals surface area contributed by atoms with Crippen molar-refractivity contribution in [1.29, 1.82) is 0 Å². The van der Waals surface area contributed by atoms with Crippen molar-refractivity contribution in [2.24, 2.45) is 0 Å². The lowest BCUT2D eigenvalue weighted by Crippen LogP contribution is -2.30. The van der Waals surface area contributed by atoms with Crippen molar-refractivity contribution in [3.05, 3.63) is 124 Å². The smallest absolute Gasteiger partial charge is 0.272 e. The molecule has 0 heterocycles. The minimum atomic E-state index is -0.545. The first-order valence-electron chi connectivity index (χ1n) is 12.3. The highest BCUT2D eigenvalue weighted by Gasteiger charge is 2.16. The number of para-hydroxylation sites is 2. The number of ether oxygens (including phenoxy) is 1. The normalized spacial score (nSPS) is 11.0. The van der Waals surface area contributed by atoms with Gasteiger partial charge in [-0.1, -0.05) is 59.6 Å². The summed E-state index contributed by atoms with van der Waals surface area (Å²) < 4.78 is 5.26. The number of methoxy groups -OCH3 is 1. The molecule has 3 amide bonds. The zero-order valence-electron chi connectivity index (χ0n) is 21.8. The van der Waals surface area contributed by atoms with E-state index in [1.165, 1.54) is 17.8 Å². The molecule has 0 spiro atoms. The van der Waals surface area contributed by atoms with Gasteiger partial charge < -0.3 is 20.7 Å². The van der Waals surface area contributed by atoms with Crippen molar-refractivity contribution < 1.29 is 19.1 Å². The van der Waals surface area contributed by atoms with Crippen LogP contribution in [0, 0.1) is 0 Å². The Morgan fingerprint density at radius 1 is 0.854 bits per heavy atom. The molecule has 0 fully saturated rings. The van der Waals surface area contributed by atoms with Gasteiger partial charge in [0.1, 0.15) is 11.4 Å². The Bertz CT molecular complexity index is 1580. The van der Waals surface area contributed by atoms with Crippen LogP contribution in [0.3, 0.4) is 0 Å². The maximum absolute atomic E-state index is 13.3. The number of nitrogens with one attached hydrogen (secondary N) is 3. The fraction of sp³-hybridized carbons (Fsp3) is 0.0645. The number of halogens is 2. The molecule has 4 aromatic rings. The second-order valence-electron chi connectivity index (χ2n) is 8.56. The van der Waals surface area contributed by atoms with Crippen LogP contribution in [0.4, 0.5) is 11.4 Å². The maximum Gasteiger partial charge on any atom is 0.272 e. The Morgan fingerprint density at radius 2 is 1.56 bits per heavy atom. The van der Waals surface area contributed by atoms with Crippen LogP contribution in [0.25, 0.3) is 6.08 Å². The predicted octanol–water partition coefficient (Wildman–Crippen LogP) is 7.14. The molecular weight excluding hydrogens is 581 g/mol. The largest absolute Gasteiger partial charge is 0.495 e. The van der Waals surface area contributed by atoms with Crippen molar-refractivity contribution in [3.63, 3.8) is 0 Å². The first kappa shape index (κ1) is 29.7. The third kappa shape index (κ3) is 8.62. The molecule has 0 saturated heterocycles. The van der Waals surface area contributed by atoms with Crippen molar-refractivity contribution >= 4 is 70.1 Å². The van der Waals surface area contributed by atoms with E-state index in [0.717, 1.165) is 4.90 Å². The number of carbonyl (C=O) groups is 3. The van der Waals surface area contributed by atoms with Gasteiger partial charge in [0.05, 0.1) is 18.6 Å². The first-order chi connectivity index (χ1) is 19.8. The van der Waals surface area contributed by atoms with E-state index in [2.05, 4.69) is 16.0 Å². The van der Waals surface area contributed by atoms with Crippen LogP contribution in [-0.2, 0) is 9.59 Å². The molecular formula is C31H25Cl2N3O4S. The quantitative estimate of drug-likeness (QED) is 0.132. The lowest BCUT2D eigenvalue weighted by atomic mass is 10.1. The summed E-state index contributed by atoms with van der Waals surface area (Å²) in [5.74, 6) is -0.407. The molecule has 3 N–H and O–H groups in total. The SMILES string of the molecule is COc1ccccc1NC(=O)CSc1ccc(NC(=O)/C(=C/c2ccc(Cl)cc2Cl)NC(=O)c2ccccc2)cc1. The van der Waals surface area contributed by atoms with Crippen LogP contribution >= 0.6 is 35.0 Å². The Balaban J connectivity index is 1.42.